The molecular weight excluding hydrogens is 316 g/mol. The van der Waals surface area contributed by atoms with Gasteiger partial charge in [-0.2, -0.15) is 0 Å². The van der Waals surface area contributed by atoms with Gasteiger partial charge in [-0.25, -0.2) is 0 Å². The third kappa shape index (κ3) is 2.74. The third-order valence-corrected chi connectivity index (χ3v) is 5.84. The average Bonchev–Trinajstić information content (AvgIpc) is 3.24. The van der Waals surface area contributed by atoms with Crippen LogP contribution < -0.4 is 0 Å². The van der Waals surface area contributed by atoms with E-state index in [2.05, 4.69) is 93.1 Å². The van der Waals surface area contributed by atoms with Gasteiger partial charge in [-0.1, -0.05) is 58.9 Å². The monoisotopic (exact) mass is 344 g/mol. The van der Waals surface area contributed by atoms with E-state index in [-0.39, 0.29) is 5.41 Å². The van der Waals surface area contributed by atoms with Gasteiger partial charge in [0.25, 0.3) is 0 Å². The molecule has 2 aromatic heterocycles. The van der Waals surface area contributed by atoms with Crippen LogP contribution in [0.15, 0.2) is 48.5 Å². The van der Waals surface area contributed by atoms with Gasteiger partial charge in [0.1, 0.15) is 0 Å². The Morgan fingerprint density at radius 2 is 1.73 bits per heavy atom. The zero-order valence-corrected chi connectivity index (χ0v) is 16.4. The first-order chi connectivity index (χ1) is 12.4. The lowest BCUT2D eigenvalue weighted by molar-refractivity contribution is 0.510. The number of aromatic nitrogens is 2. The molecule has 0 unspecified atom stereocenters. The van der Waals surface area contributed by atoms with Crippen molar-refractivity contribution in [3.8, 4) is 11.3 Å². The summed E-state index contributed by atoms with van der Waals surface area (Å²) in [5.41, 5.74) is 7.76. The number of benzene rings is 2. The Morgan fingerprint density at radius 1 is 0.923 bits per heavy atom. The van der Waals surface area contributed by atoms with E-state index in [0.717, 1.165) is 6.42 Å². The average molecular weight is 345 g/mol. The summed E-state index contributed by atoms with van der Waals surface area (Å²) in [5, 5.41) is 2.56. The van der Waals surface area contributed by atoms with Crippen LogP contribution in [0, 0.1) is 0 Å². The second kappa shape index (κ2) is 6.05. The minimum Gasteiger partial charge on any atom is -0.358 e. The third-order valence-electron chi connectivity index (χ3n) is 5.84. The zero-order chi connectivity index (χ0) is 18.5. The molecule has 2 heteroatoms. The molecule has 2 heterocycles. The Labute approximate surface area is 155 Å². The fourth-order valence-electron chi connectivity index (χ4n) is 3.70. The molecule has 4 aromatic rings. The molecule has 4 rings (SSSR count). The summed E-state index contributed by atoms with van der Waals surface area (Å²) in [6.45, 7) is 11.3. The molecule has 134 valence electrons. The van der Waals surface area contributed by atoms with E-state index in [9.17, 15) is 0 Å². The van der Waals surface area contributed by atoms with E-state index >= 15 is 0 Å². The lowest BCUT2D eigenvalue weighted by atomic mass is 9.81. The Kier molecular flexibility index (Phi) is 3.95. The molecule has 0 amide bonds. The van der Waals surface area contributed by atoms with Crippen molar-refractivity contribution in [3.05, 3.63) is 59.8 Å². The van der Waals surface area contributed by atoms with E-state index < -0.39 is 0 Å². The zero-order valence-electron chi connectivity index (χ0n) is 16.4. The second-order valence-electron chi connectivity index (χ2n) is 8.37. The van der Waals surface area contributed by atoms with Crippen LogP contribution in [-0.4, -0.2) is 9.97 Å². The van der Waals surface area contributed by atoms with E-state index in [4.69, 9.17) is 0 Å². The van der Waals surface area contributed by atoms with Crippen LogP contribution in [0.3, 0.4) is 0 Å². The van der Waals surface area contributed by atoms with Crippen molar-refractivity contribution >= 4 is 21.8 Å². The van der Waals surface area contributed by atoms with Crippen molar-refractivity contribution in [2.24, 2.45) is 0 Å². The van der Waals surface area contributed by atoms with Gasteiger partial charge in [0.2, 0.25) is 0 Å². The van der Waals surface area contributed by atoms with Crippen LogP contribution in [0.5, 0.6) is 0 Å². The van der Waals surface area contributed by atoms with Crippen LogP contribution in [0.1, 0.15) is 58.2 Å². The smallest absolute Gasteiger partial charge is 0.0496 e. The SMILES string of the molecule is CCC(C)(C)c1cccc2cc(-c3ccc4[nH]c(C(C)C)cc4c3)[nH]c12. The van der Waals surface area contributed by atoms with Gasteiger partial charge < -0.3 is 9.97 Å². The summed E-state index contributed by atoms with van der Waals surface area (Å²) >= 11 is 0. The van der Waals surface area contributed by atoms with Crippen molar-refractivity contribution < 1.29 is 0 Å². The molecule has 0 atom stereocenters. The normalized spacial score (nSPS) is 12.5. The predicted molar refractivity (Wildman–Crippen MR) is 113 cm³/mol. The molecule has 2 N–H and O–H groups in total. The summed E-state index contributed by atoms with van der Waals surface area (Å²) in [4.78, 5) is 7.23. The van der Waals surface area contributed by atoms with Gasteiger partial charge in [-0.15, -0.1) is 0 Å². The van der Waals surface area contributed by atoms with Crippen molar-refractivity contribution in [2.75, 3.05) is 0 Å². The Morgan fingerprint density at radius 3 is 2.46 bits per heavy atom. The first kappa shape index (κ1) is 17.0. The highest BCUT2D eigenvalue weighted by Crippen LogP contribution is 2.35. The summed E-state index contributed by atoms with van der Waals surface area (Å²) in [6.07, 6.45) is 1.12. The van der Waals surface area contributed by atoms with Crippen LogP contribution in [0.25, 0.3) is 33.1 Å². The van der Waals surface area contributed by atoms with E-state index in [1.807, 2.05) is 0 Å². The maximum Gasteiger partial charge on any atom is 0.0496 e. The quantitative estimate of drug-likeness (QED) is 0.395. The van der Waals surface area contributed by atoms with Gasteiger partial charge >= 0.3 is 0 Å². The first-order valence-corrected chi connectivity index (χ1v) is 9.64. The van der Waals surface area contributed by atoms with E-state index in [0.29, 0.717) is 5.92 Å². The number of H-pyrrole nitrogens is 2. The molecule has 0 aliphatic rings. The molecule has 0 aliphatic heterocycles. The number of hydrogen-bond donors (Lipinski definition) is 2. The number of hydrogen-bond acceptors (Lipinski definition) is 0. The summed E-state index contributed by atoms with van der Waals surface area (Å²) < 4.78 is 0. The highest BCUT2D eigenvalue weighted by Gasteiger charge is 2.21. The summed E-state index contributed by atoms with van der Waals surface area (Å²) in [7, 11) is 0. The fourth-order valence-corrected chi connectivity index (χ4v) is 3.70. The number of para-hydroxylation sites is 1. The molecule has 0 saturated carbocycles. The van der Waals surface area contributed by atoms with Crippen molar-refractivity contribution in [2.45, 2.75) is 52.4 Å². The number of aromatic amines is 2. The maximum absolute atomic E-state index is 3.70. The number of fused-ring (bicyclic) bond motifs is 2. The molecule has 0 aliphatic carbocycles. The summed E-state index contributed by atoms with van der Waals surface area (Å²) in [5.74, 6) is 0.512. The predicted octanol–water partition coefficient (Wildman–Crippen LogP) is 7.13. The lowest BCUT2D eigenvalue weighted by Gasteiger charge is -2.24. The second-order valence-corrected chi connectivity index (χ2v) is 8.37. The molecular formula is C24H28N2. The van der Waals surface area contributed by atoms with E-state index in [1.165, 1.54) is 44.3 Å². The van der Waals surface area contributed by atoms with Gasteiger partial charge in [0, 0.05) is 33.2 Å². The standard InChI is InChI=1S/C24H28N2/c1-6-24(4,5)19-9-7-8-17-13-22(26-23(17)19)16-10-11-20-18(12-16)14-21(25-20)15(2)3/h7-15,25-26H,6H2,1-5H3. The maximum atomic E-state index is 3.70. The molecule has 2 nitrogen and oxygen atoms in total. The van der Waals surface area contributed by atoms with E-state index in [1.54, 1.807) is 0 Å². The van der Waals surface area contributed by atoms with Crippen LogP contribution in [0.4, 0.5) is 0 Å². The fraction of sp³-hybridized carbons (Fsp3) is 0.333. The topological polar surface area (TPSA) is 31.6 Å². The first-order valence-electron chi connectivity index (χ1n) is 9.64. The Balaban J connectivity index is 1.84. The molecule has 0 radical (unpaired) electrons. The number of nitrogens with one attached hydrogen (secondary N) is 2. The van der Waals surface area contributed by atoms with Crippen molar-refractivity contribution in [1.82, 2.24) is 9.97 Å². The van der Waals surface area contributed by atoms with Gasteiger partial charge in [-0.3, -0.25) is 0 Å². The summed E-state index contributed by atoms with van der Waals surface area (Å²) in [6, 6.07) is 17.9. The lowest BCUT2D eigenvalue weighted by Crippen LogP contribution is -2.15. The molecule has 2 aromatic carbocycles. The molecule has 26 heavy (non-hydrogen) atoms. The highest BCUT2D eigenvalue weighted by atomic mass is 14.7. The number of rotatable bonds is 4. The van der Waals surface area contributed by atoms with Gasteiger partial charge in [-0.05, 0) is 53.1 Å². The van der Waals surface area contributed by atoms with Crippen molar-refractivity contribution in [3.63, 3.8) is 0 Å². The van der Waals surface area contributed by atoms with Crippen LogP contribution in [0.2, 0.25) is 0 Å². The molecule has 0 saturated heterocycles. The largest absolute Gasteiger partial charge is 0.358 e. The van der Waals surface area contributed by atoms with Gasteiger partial charge in [0.05, 0.1) is 0 Å². The van der Waals surface area contributed by atoms with Crippen molar-refractivity contribution in [1.29, 1.82) is 0 Å². The Bertz CT molecular complexity index is 1080. The highest BCUT2D eigenvalue weighted by molar-refractivity contribution is 5.91. The molecule has 0 spiro atoms. The minimum absolute atomic E-state index is 0.165. The van der Waals surface area contributed by atoms with Gasteiger partial charge in [0.15, 0.2) is 0 Å². The van der Waals surface area contributed by atoms with Crippen LogP contribution >= 0.6 is 0 Å². The van der Waals surface area contributed by atoms with Crippen LogP contribution in [-0.2, 0) is 5.41 Å². The minimum atomic E-state index is 0.165. The Hall–Kier alpha value is -2.48. The molecule has 0 bridgehead atoms. The molecule has 0 fully saturated rings.